The Kier molecular flexibility index (Phi) is 5.95. The second-order valence-corrected chi connectivity index (χ2v) is 10.6. The number of halogens is 2. The van der Waals surface area contributed by atoms with E-state index in [0.29, 0.717) is 11.4 Å². The number of hydrogen-bond acceptors (Lipinski definition) is 6. The Bertz CT molecular complexity index is 1610. The van der Waals surface area contributed by atoms with Gasteiger partial charge < -0.3 is 20.0 Å². The van der Waals surface area contributed by atoms with Crippen LogP contribution >= 0.6 is 11.6 Å². The average Bonchev–Trinajstić information content (AvgIpc) is 3.43. The van der Waals surface area contributed by atoms with Crippen molar-refractivity contribution in [2.24, 2.45) is 5.41 Å². The van der Waals surface area contributed by atoms with E-state index in [1.54, 1.807) is 18.2 Å². The molecule has 0 radical (unpaired) electrons. The van der Waals surface area contributed by atoms with Gasteiger partial charge in [-0.2, -0.15) is 0 Å². The van der Waals surface area contributed by atoms with Gasteiger partial charge in [-0.25, -0.2) is 4.39 Å². The van der Waals surface area contributed by atoms with Crippen molar-refractivity contribution >= 4 is 40.3 Å². The second-order valence-electron chi connectivity index (χ2n) is 10.2. The zero-order valence-electron chi connectivity index (χ0n) is 20.7. The van der Waals surface area contributed by atoms with Crippen LogP contribution in [0.25, 0.3) is 0 Å². The minimum atomic E-state index is -0.730. The molecule has 1 aromatic heterocycles. The number of rotatable bonds is 6. The number of anilines is 4. The smallest absolute Gasteiger partial charge is 0.261 e. The molecule has 0 saturated carbocycles. The standard InChI is InChI=1S/C28H25ClFN3O4/c1-14-7-5-6-8-18(14)33-13-15-16(30)9-10-17(21(15)27(33)36)31-22-23(25(35)24(22)34)32-26(28(2,3)4)19-11-12-20(29)37-19/h5-12,26,31-32H,13H2,1-4H3/t26-/m0/s1. The van der Waals surface area contributed by atoms with E-state index in [2.05, 4.69) is 10.6 Å². The van der Waals surface area contributed by atoms with E-state index in [0.717, 1.165) is 5.56 Å². The summed E-state index contributed by atoms with van der Waals surface area (Å²) in [5.41, 5.74) is 0.393. The zero-order valence-corrected chi connectivity index (χ0v) is 21.5. The molecule has 1 aliphatic rings. The van der Waals surface area contributed by atoms with Crippen molar-refractivity contribution in [3.63, 3.8) is 0 Å². The molecule has 4 aromatic rings. The van der Waals surface area contributed by atoms with Crippen LogP contribution < -0.4 is 26.4 Å². The van der Waals surface area contributed by atoms with E-state index in [4.69, 9.17) is 16.0 Å². The van der Waals surface area contributed by atoms with Gasteiger partial charge in [0.1, 0.15) is 23.0 Å². The van der Waals surface area contributed by atoms with Crippen LogP contribution in [0.2, 0.25) is 5.22 Å². The highest BCUT2D eigenvalue weighted by Gasteiger charge is 2.36. The highest BCUT2D eigenvalue weighted by Crippen LogP contribution is 2.40. The third kappa shape index (κ3) is 4.21. The lowest BCUT2D eigenvalue weighted by atomic mass is 9.85. The van der Waals surface area contributed by atoms with Crippen molar-refractivity contribution in [1.29, 1.82) is 0 Å². The van der Waals surface area contributed by atoms with E-state index < -0.39 is 34.0 Å². The maximum Gasteiger partial charge on any atom is 0.261 e. The number of nitrogens with zero attached hydrogens (tertiary/aromatic N) is 1. The van der Waals surface area contributed by atoms with E-state index in [1.807, 2.05) is 45.9 Å². The Hall–Kier alpha value is -3.91. The molecule has 7 nitrogen and oxygen atoms in total. The van der Waals surface area contributed by atoms with Crippen molar-refractivity contribution in [1.82, 2.24) is 0 Å². The van der Waals surface area contributed by atoms with Crippen LogP contribution in [0.5, 0.6) is 0 Å². The number of para-hydroxylation sites is 1. The fourth-order valence-corrected chi connectivity index (χ4v) is 4.83. The van der Waals surface area contributed by atoms with Crippen molar-refractivity contribution in [3.05, 3.63) is 102 Å². The Labute approximate surface area is 217 Å². The van der Waals surface area contributed by atoms with E-state index in [-0.39, 0.29) is 40.0 Å². The second kappa shape index (κ2) is 8.88. The number of fused-ring (bicyclic) bond motifs is 1. The maximum atomic E-state index is 14.8. The predicted molar refractivity (Wildman–Crippen MR) is 142 cm³/mol. The molecular formula is C28H25ClFN3O4. The minimum absolute atomic E-state index is 0.00727. The number of hydrogen-bond donors (Lipinski definition) is 2. The van der Waals surface area contributed by atoms with Gasteiger partial charge in [0.05, 0.1) is 23.8 Å². The molecule has 0 fully saturated rings. The van der Waals surface area contributed by atoms with Crippen molar-refractivity contribution in [3.8, 4) is 0 Å². The highest BCUT2D eigenvalue weighted by molar-refractivity contribution is 6.28. The number of benzene rings is 2. The number of furan rings is 1. The molecule has 0 aliphatic carbocycles. The predicted octanol–water partition coefficient (Wildman–Crippen LogP) is 6.08. The molecule has 190 valence electrons. The van der Waals surface area contributed by atoms with E-state index >= 15 is 0 Å². The van der Waals surface area contributed by atoms with Gasteiger partial charge >= 0.3 is 0 Å². The fraction of sp³-hybridized carbons (Fsp3) is 0.250. The normalized spacial score (nSPS) is 14.2. The van der Waals surface area contributed by atoms with Gasteiger partial charge in [-0.1, -0.05) is 39.0 Å². The quantitative estimate of drug-likeness (QED) is 0.299. The van der Waals surface area contributed by atoms with Crippen molar-refractivity contribution in [2.45, 2.75) is 40.3 Å². The summed E-state index contributed by atoms with van der Waals surface area (Å²) in [5.74, 6) is -0.406. The zero-order chi connectivity index (χ0) is 26.6. The molecule has 5 rings (SSSR count). The molecule has 3 aromatic carbocycles. The molecule has 2 heterocycles. The Morgan fingerprint density at radius 1 is 1.00 bits per heavy atom. The summed E-state index contributed by atoms with van der Waals surface area (Å²) in [5, 5.41) is 6.28. The first-order valence-electron chi connectivity index (χ1n) is 11.8. The molecule has 9 heteroatoms. The first-order chi connectivity index (χ1) is 17.5. The largest absolute Gasteiger partial charge is 0.447 e. The summed E-state index contributed by atoms with van der Waals surface area (Å²) in [4.78, 5) is 40.1. The molecule has 0 spiro atoms. The number of amides is 1. The van der Waals surface area contributed by atoms with Gasteiger partial charge in [-0.3, -0.25) is 14.4 Å². The number of aryl methyl sites for hydroxylation is 1. The van der Waals surface area contributed by atoms with Crippen LogP contribution in [-0.2, 0) is 6.54 Å². The number of nitrogens with one attached hydrogen (secondary N) is 2. The van der Waals surface area contributed by atoms with E-state index in [1.165, 1.54) is 17.0 Å². The number of carbonyl (C=O) groups excluding carboxylic acids is 1. The van der Waals surface area contributed by atoms with Crippen LogP contribution in [0.15, 0.2) is 62.5 Å². The molecule has 1 atom stereocenters. The first-order valence-corrected chi connectivity index (χ1v) is 12.2. The Morgan fingerprint density at radius 2 is 1.70 bits per heavy atom. The lowest BCUT2D eigenvalue weighted by Crippen LogP contribution is -2.39. The lowest BCUT2D eigenvalue weighted by molar-refractivity contribution is 0.0997. The lowest BCUT2D eigenvalue weighted by Gasteiger charge is -2.31. The topological polar surface area (TPSA) is 91.7 Å². The van der Waals surface area contributed by atoms with Gasteiger partial charge in [0, 0.05) is 11.3 Å². The average molecular weight is 522 g/mol. The van der Waals surface area contributed by atoms with Gasteiger partial charge in [0.2, 0.25) is 0 Å². The minimum Gasteiger partial charge on any atom is -0.447 e. The van der Waals surface area contributed by atoms with Gasteiger partial charge in [0.25, 0.3) is 16.8 Å². The van der Waals surface area contributed by atoms with Crippen LogP contribution in [0.4, 0.5) is 27.1 Å². The molecule has 37 heavy (non-hydrogen) atoms. The third-order valence-corrected chi connectivity index (χ3v) is 6.84. The maximum absolute atomic E-state index is 14.8. The van der Waals surface area contributed by atoms with E-state index in [9.17, 15) is 18.8 Å². The summed E-state index contributed by atoms with van der Waals surface area (Å²) in [6.45, 7) is 7.78. The first kappa shape index (κ1) is 24.8. The van der Waals surface area contributed by atoms with Gasteiger partial charge in [0.15, 0.2) is 5.22 Å². The highest BCUT2D eigenvalue weighted by atomic mass is 35.5. The summed E-state index contributed by atoms with van der Waals surface area (Å²) >= 11 is 5.97. The summed E-state index contributed by atoms with van der Waals surface area (Å²) < 4.78 is 20.4. The van der Waals surface area contributed by atoms with Crippen molar-refractivity contribution < 1.29 is 13.6 Å². The molecule has 2 N–H and O–H groups in total. The van der Waals surface area contributed by atoms with Gasteiger partial charge in [-0.05, 0) is 59.8 Å². The van der Waals surface area contributed by atoms with Gasteiger partial charge in [-0.15, -0.1) is 0 Å². The Morgan fingerprint density at radius 3 is 2.35 bits per heavy atom. The summed E-state index contributed by atoms with van der Waals surface area (Å²) in [6, 6.07) is 12.8. The Balaban J connectivity index is 1.50. The number of carbonyl (C=O) groups is 1. The summed E-state index contributed by atoms with van der Waals surface area (Å²) in [6.07, 6.45) is 0. The molecular weight excluding hydrogens is 497 g/mol. The fourth-order valence-electron chi connectivity index (χ4n) is 4.68. The molecule has 0 unspecified atom stereocenters. The SMILES string of the molecule is Cc1ccccc1N1Cc2c(F)ccc(Nc3c(N[C@@H](c4ccc(Cl)o4)C(C)(C)C)c(=O)c3=O)c2C1=O. The van der Waals surface area contributed by atoms with Crippen LogP contribution in [0.1, 0.15) is 54.1 Å². The molecule has 1 amide bonds. The summed E-state index contributed by atoms with van der Waals surface area (Å²) in [7, 11) is 0. The third-order valence-electron chi connectivity index (χ3n) is 6.64. The van der Waals surface area contributed by atoms with Crippen LogP contribution in [-0.4, -0.2) is 5.91 Å². The van der Waals surface area contributed by atoms with Crippen LogP contribution in [0, 0.1) is 18.2 Å². The van der Waals surface area contributed by atoms with Crippen LogP contribution in [0.3, 0.4) is 0 Å². The molecule has 0 saturated heterocycles. The molecule has 1 aliphatic heterocycles. The van der Waals surface area contributed by atoms with Crippen molar-refractivity contribution in [2.75, 3.05) is 15.5 Å². The monoisotopic (exact) mass is 521 g/mol. The molecule has 0 bridgehead atoms.